The molecule has 0 aromatic carbocycles. The Labute approximate surface area is 182 Å². The highest BCUT2D eigenvalue weighted by molar-refractivity contribution is 6.28. The second-order valence-electron chi connectivity index (χ2n) is 7.70. The van der Waals surface area contributed by atoms with Crippen LogP contribution in [0.5, 0.6) is 0 Å². The average Bonchev–Trinajstić information content (AvgIpc) is 3.48. The highest BCUT2D eigenvalue weighted by Crippen LogP contribution is 2.40. The van der Waals surface area contributed by atoms with Gasteiger partial charge in [-0.25, -0.2) is 4.98 Å². The van der Waals surface area contributed by atoms with E-state index in [1.54, 1.807) is 10.6 Å². The maximum absolute atomic E-state index is 10.7. The van der Waals surface area contributed by atoms with Crippen molar-refractivity contribution < 1.29 is 24.2 Å². The summed E-state index contributed by atoms with van der Waals surface area (Å²) in [6, 6.07) is 1.90. The zero-order valence-electron chi connectivity index (χ0n) is 16.8. The molecule has 31 heavy (non-hydrogen) atoms. The molecule has 0 saturated carbocycles. The first kappa shape index (κ1) is 20.6. The molecule has 3 N–H and O–H groups in total. The van der Waals surface area contributed by atoms with Crippen LogP contribution in [0.25, 0.3) is 11.2 Å². The van der Waals surface area contributed by atoms with Gasteiger partial charge in [-0.1, -0.05) is 12.1 Å². The lowest BCUT2D eigenvalue weighted by molar-refractivity contribution is -0.0434. The Morgan fingerprint density at radius 1 is 1.23 bits per heavy atom. The van der Waals surface area contributed by atoms with Gasteiger partial charge < -0.3 is 29.5 Å². The number of ether oxygens (including phenoxy) is 2. The Hall–Kier alpha value is -2.31. The number of fused-ring (bicyclic) bond motifs is 1. The largest absolute Gasteiger partial charge is 0.387 e. The first-order valence-corrected chi connectivity index (χ1v) is 10.6. The van der Waals surface area contributed by atoms with Gasteiger partial charge in [0.25, 0.3) is 0 Å². The standard InChI is InChI=1S/C19H23ClN6O5/c1-2-9-7-11(31-25-9)15-13(27)14(28)18(30-15)26-8-21-12-16(23-19(20)24-17(12)26)22-10-3-5-29-6-4-10/h7-8,10,13-15,18,27-28H,2-6H2,1H3,(H,22,23,24)/t13-,14+,15+,18+/m0/s1. The van der Waals surface area contributed by atoms with Crippen molar-refractivity contribution in [1.82, 2.24) is 24.7 Å². The number of aryl methyl sites for hydroxylation is 1. The highest BCUT2D eigenvalue weighted by atomic mass is 35.5. The minimum Gasteiger partial charge on any atom is -0.387 e. The van der Waals surface area contributed by atoms with Crippen molar-refractivity contribution in [3.05, 3.63) is 29.1 Å². The molecule has 5 rings (SSSR count). The van der Waals surface area contributed by atoms with Crippen LogP contribution in [0, 0.1) is 0 Å². The molecule has 0 aliphatic carbocycles. The molecule has 4 atom stereocenters. The fraction of sp³-hybridized carbons (Fsp3) is 0.579. The molecule has 0 amide bonds. The number of nitrogens with one attached hydrogen (secondary N) is 1. The van der Waals surface area contributed by atoms with Gasteiger partial charge in [0.1, 0.15) is 18.3 Å². The fourth-order valence-electron chi connectivity index (χ4n) is 3.97. The molecule has 0 radical (unpaired) electrons. The van der Waals surface area contributed by atoms with E-state index >= 15 is 0 Å². The van der Waals surface area contributed by atoms with Gasteiger partial charge in [0.2, 0.25) is 5.28 Å². The number of hydrogen-bond acceptors (Lipinski definition) is 10. The van der Waals surface area contributed by atoms with Gasteiger partial charge in [0, 0.05) is 25.3 Å². The molecule has 11 nitrogen and oxygen atoms in total. The predicted octanol–water partition coefficient (Wildman–Crippen LogP) is 1.61. The molecule has 3 aromatic heterocycles. The summed E-state index contributed by atoms with van der Waals surface area (Å²) in [5.41, 5.74) is 1.62. The summed E-state index contributed by atoms with van der Waals surface area (Å²) in [7, 11) is 0. The SMILES string of the molecule is CCc1cc([C@H]2O[C@@H](n3cnc4c(NC5CCOCC5)nc(Cl)nc43)[C@H](O)[C@@H]2O)on1. The summed E-state index contributed by atoms with van der Waals surface area (Å²) >= 11 is 6.18. The summed E-state index contributed by atoms with van der Waals surface area (Å²) in [5.74, 6) is 0.859. The normalized spacial score (nSPS) is 27.2. The van der Waals surface area contributed by atoms with Crippen molar-refractivity contribution >= 4 is 28.6 Å². The van der Waals surface area contributed by atoms with Gasteiger partial charge in [0.15, 0.2) is 29.0 Å². The molecule has 2 aliphatic heterocycles. The van der Waals surface area contributed by atoms with Crippen molar-refractivity contribution in [3.8, 4) is 0 Å². The number of aliphatic hydroxyl groups is 2. The third kappa shape index (κ3) is 3.76. The summed E-state index contributed by atoms with van der Waals surface area (Å²) in [6.07, 6.45) is -0.396. The first-order valence-electron chi connectivity index (χ1n) is 10.3. The van der Waals surface area contributed by atoms with Crippen LogP contribution in [-0.2, 0) is 15.9 Å². The molecule has 166 valence electrons. The summed E-state index contributed by atoms with van der Waals surface area (Å²) in [5, 5.41) is 28.6. The van der Waals surface area contributed by atoms with Gasteiger partial charge in [-0.15, -0.1) is 0 Å². The molecular formula is C19H23ClN6O5. The Bertz CT molecular complexity index is 1070. The Morgan fingerprint density at radius 2 is 2.03 bits per heavy atom. The van der Waals surface area contributed by atoms with Crippen LogP contribution in [0.15, 0.2) is 16.9 Å². The van der Waals surface area contributed by atoms with Gasteiger partial charge in [-0.3, -0.25) is 4.57 Å². The van der Waals surface area contributed by atoms with E-state index in [2.05, 4.69) is 25.4 Å². The van der Waals surface area contributed by atoms with E-state index in [0.717, 1.165) is 18.5 Å². The minimum atomic E-state index is -1.24. The van der Waals surface area contributed by atoms with Gasteiger partial charge in [-0.05, 0) is 30.9 Å². The lowest BCUT2D eigenvalue weighted by Gasteiger charge is -2.23. The van der Waals surface area contributed by atoms with Gasteiger partial charge in [-0.2, -0.15) is 9.97 Å². The van der Waals surface area contributed by atoms with Crippen molar-refractivity contribution in [1.29, 1.82) is 0 Å². The second kappa shape index (κ2) is 8.32. The third-order valence-corrected chi connectivity index (χ3v) is 5.86. The average molecular weight is 451 g/mol. The van der Waals surface area contributed by atoms with Crippen molar-refractivity contribution in [2.75, 3.05) is 18.5 Å². The lowest BCUT2D eigenvalue weighted by Crippen LogP contribution is -2.29. The molecule has 2 saturated heterocycles. The van der Waals surface area contributed by atoms with Crippen molar-refractivity contribution in [2.45, 2.75) is 56.8 Å². The van der Waals surface area contributed by atoms with Gasteiger partial charge >= 0.3 is 0 Å². The van der Waals surface area contributed by atoms with E-state index in [1.165, 1.54) is 6.33 Å². The molecule has 2 fully saturated rings. The van der Waals surface area contributed by atoms with Crippen LogP contribution in [-0.4, -0.2) is 66.4 Å². The van der Waals surface area contributed by atoms with E-state index in [-0.39, 0.29) is 11.3 Å². The molecular weight excluding hydrogens is 428 g/mol. The zero-order valence-corrected chi connectivity index (χ0v) is 17.6. The number of nitrogens with zero attached hydrogens (tertiary/aromatic N) is 5. The van der Waals surface area contributed by atoms with Crippen molar-refractivity contribution in [3.63, 3.8) is 0 Å². The van der Waals surface area contributed by atoms with Crippen LogP contribution >= 0.6 is 11.6 Å². The first-order chi connectivity index (χ1) is 15.0. The van der Waals surface area contributed by atoms with E-state index in [9.17, 15) is 10.2 Å². The Balaban J connectivity index is 1.45. The number of aromatic nitrogens is 5. The lowest BCUT2D eigenvalue weighted by atomic mass is 10.1. The molecule has 0 spiro atoms. The summed E-state index contributed by atoms with van der Waals surface area (Å²) < 4.78 is 18.2. The second-order valence-corrected chi connectivity index (χ2v) is 8.04. The van der Waals surface area contributed by atoms with E-state index in [0.29, 0.717) is 42.4 Å². The molecule has 0 bridgehead atoms. The molecule has 5 heterocycles. The number of hydrogen-bond donors (Lipinski definition) is 3. The van der Waals surface area contributed by atoms with Gasteiger partial charge in [0.05, 0.1) is 12.0 Å². The zero-order chi connectivity index (χ0) is 21.5. The monoisotopic (exact) mass is 450 g/mol. The van der Waals surface area contributed by atoms with Crippen LogP contribution < -0.4 is 5.32 Å². The van der Waals surface area contributed by atoms with E-state index < -0.39 is 24.5 Å². The fourth-order valence-corrected chi connectivity index (χ4v) is 4.13. The molecule has 12 heteroatoms. The number of aliphatic hydroxyl groups excluding tert-OH is 2. The van der Waals surface area contributed by atoms with Crippen LogP contribution in [0.4, 0.5) is 5.82 Å². The number of rotatable bonds is 5. The van der Waals surface area contributed by atoms with Crippen LogP contribution in [0.3, 0.4) is 0 Å². The molecule has 3 aromatic rings. The number of imidazole rings is 1. The summed E-state index contributed by atoms with van der Waals surface area (Å²) in [6.45, 7) is 3.30. The molecule has 2 aliphatic rings. The number of halogens is 1. The third-order valence-electron chi connectivity index (χ3n) is 5.69. The Morgan fingerprint density at radius 3 is 2.77 bits per heavy atom. The quantitative estimate of drug-likeness (QED) is 0.491. The van der Waals surface area contributed by atoms with E-state index in [4.69, 9.17) is 25.6 Å². The summed E-state index contributed by atoms with van der Waals surface area (Å²) in [4.78, 5) is 13.0. The maximum atomic E-state index is 10.7. The highest BCUT2D eigenvalue weighted by Gasteiger charge is 2.47. The van der Waals surface area contributed by atoms with Crippen LogP contribution in [0.1, 0.15) is 43.6 Å². The Kier molecular flexibility index (Phi) is 5.52. The minimum absolute atomic E-state index is 0.0382. The molecule has 0 unspecified atom stereocenters. The van der Waals surface area contributed by atoms with E-state index in [1.807, 2.05) is 6.92 Å². The smallest absolute Gasteiger partial charge is 0.226 e. The topological polar surface area (TPSA) is 141 Å². The van der Waals surface area contributed by atoms with Crippen molar-refractivity contribution in [2.24, 2.45) is 0 Å². The number of anilines is 1. The maximum Gasteiger partial charge on any atom is 0.226 e. The predicted molar refractivity (Wildman–Crippen MR) is 109 cm³/mol. The van der Waals surface area contributed by atoms with Crippen LogP contribution in [0.2, 0.25) is 5.28 Å².